The molecular weight excluding hydrogens is 413 g/mol. The Morgan fingerprint density at radius 3 is 2.55 bits per heavy atom. The first kappa shape index (κ1) is 22.2. The van der Waals surface area contributed by atoms with Gasteiger partial charge in [-0.25, -0.2) is 5.43 Å². The maximum atomic E-state index is 13.9. The molecule has 2 aromatic carbocycles. The number of ether oxygens (including phenoxy) is 1. The number of amides is 1. The van der Waals surface area contributed by atoms with E-state index in [2.05, 4.69) is 22.6 Å². The van der Waals surface area contributed by atoms with Crippen molar-refractivity contribution in [2.24, 2.45) is 0 Å². The van der Waals surface area contributed by atoms with Crippen molar-refractivity contribution < 1.29 is 27.8 Å². The number of aliphatic hydroxyl groups is 1. The maximum Gasteiger partial charge on any atom is 0.433 e. The number of benzene rings is 2. The van der Waals surface area contributed by atoms with Crippen molar-refractivity contribution in [1.82, 2.24) is 5.43 Å². The van der Waals surface area contributed by atoms with E-state index in [1.165, 1.54) is 25.3 Å². The first-order valence-corrected chi connectivity index (χ1v) is 9.19. The molecule has 0 saturated carbocycles. The van der Waals surface area contributed by atoms with Crippen molar-refractivity contribution in [3.63, 3.8) is 0 Å². The summed E-state index contributed by atoms with van der Waals surface area (Å²) >= 11 is 0. The van der Waals surface area contributed by atoms with E-state index in [4.69, 9.17) is 4.74 Å². The predicted molar refractivity (Wildman–Crippen MR) is 111 cm³/mol. The van der Waals surface area contributed by atoms with Crippen LogP contribution in [0.15, 0.2) is 72.5 Å². The number of rotatable bonds is 7. The summed E-state index contributed by atoms with van der Waals surface area (Å²) < 4.78 is 46.7. The Morgan fingerprint density at radius 2 is 1.94 bits per heavy atom. The van der Waals surface area contributed by atoms with E-state index in [9.17, 15) is 23.1 Å². The molecule has 0 aromatic heterocycles. The van der Waals surface area contributed by atoms with E-state index in [0.29, 0.717) is 17.1 Å². The molecule has 0 fully saturated rings. The van der Waals surface area contributed by atoms with Gasteiger partial charge in [0.1, 0.15) is 17.7 Å². The van der Waals surface area contributed by atoms with Crippen LogP contribution in [0.1, 0.15) is 0 Å². The first-order valence-electron chi connectivity index (χ1n) is 9.19. The van der Waals surface area contributed by atoms with Crippen LogP contribution in [-0.4, -0.2) is 37.1 Å². The minimum Gasteiger partial charge on any atom is -0.497 e. The van der Waals surface area contributed by atoms with Crippen molar-refractivity contribution in [2.75, 3.05) is 29.3 Å². The Morgan fingerprint density at radius 1 is 1.26 bits per heavy atom. The highest BCUT2D eigenvalue weighted by Gasteiger charge is 2.45. The van der Waals surface area contributed by atoms with Crippen molar-refractivity contribution in [3.05, 3.63) is 72.5 Å². The fourth-order valence-corrected chi connectivity index (χ4v) is 3.08. The highest BCUT2D eigenvalue weighted by Crippen LogP contribution is 2.37. The summed E-state index contributed by atoms with van der Waals surface area (Å²) in [6, 6.07) is 12.3. The molecule has 31 heavy (non-hydrogen) atoms. The fourth-order valence-electron chi connectivity index (χ4n) is 3.08. The standard InChI is InChI=1S/C21H21F3N4O3/c1-3-18(29)26-13-5-4-6-14(11-13)27-20(30)17-12-25-28(19(17)21(22,23)24)15-7-9-16(31-2)10-8-15/h3-11,20,25,27,30H,1,12H2,2H3,(H,26,29). The number of nitrogens with one attached hydrogen (secondary N) is 3. The zero-order valence-electron chi connectivity index (χ0n) is 16.5. The van der Waals surface area contributed by atoms with Gasteiger partial charge in [-0.3, -0.25) is 9.80 Å². The zero-order chi connectivity index (χ0) is 22.6. The third kappa shape index (κ3) is 5.16. The largest absolute Gasteiger partial charge is 0.497 e. The van der Waals surface area contributed by atoms with Crippen LogP contribution in [0.2, 0.25) is 0 Å². The second-order valence-corrected chi connectivity index (χ2v) is 6.56. The predicted octanol–water partition coefficient (Wildman–Crippen LogP) is 3.39. The van der Waals surface area contributed by atoms with Crippen LogP contribution in [0.25, 0.3) is 0 Å². The zero-order valence-corrected chi connectivity index (χ0v) is 16.5. The van der Waals surface area contributed by atoms with E-state index < -0.39 is 24.0 Å². The van der Waals surface area contributed by atoms with Gasteiger partial charge in [0.2, 0.25) is 5.91 Å². The van der Waals surface area contributed by atoms with Crippen LogP contribution in [-0.2, 0) is 4.79 Å². The van der Waals surface area contributed by atoms with Gasteiger partial charge in [-0.05, 0) is 48.5 Å². The van der Waals surface area contributed by atoms with Gasteiger partial charge in [0.15, 0.2) is 0 Å². The molecule has 10 heteroatoms. The summed E-state index contributed by atoms with van der Waals surface area (Å²) in [5.74, 6) is 0.0701. The topological polar surface area (TPSA) is 85.9 Å². The molecule has 1 heterocycles. The van der Waals surface area contributed by atoms with Gasteiger partial charge in [0.05, 0.1) is 12.8 Å². The molecule has 7 nitrogen and oxygen atoms in total. The van der Waals surface area contributed by atoms with E-state index >= 15 is 0 Å². The first-order chi connectivity index (χ1) is 14.7. The average Bonchev–Trinajstić information content (AvgIpc) is 3.20. The molecule has 0 aliphatic carbocycles. The molecule has 164 valence electrons. The highest BCUT2D eigenvalue weighted by molar-refractivity contribution is 5.99. The van der Waals surface area contributed by atoms with Crippen LogP contribution in [0.3, 0.4) is 0 Å². The molecule has 0 spiro atoms. The van der Waals surface area contributed by atoms with Gasteiger partial charge in [-0.2, -0.15) is 13.2 Å². The number of allylic oxidation sites excluding steroid dienone is 1. The third-order valence-corrected chi connectivity index (χ3v) is 4.50. The number of alkyl halides is 3. The molecular formula is C21H21F3N4O3. The molecule has 0 radical (unpaired) electrons. The maximum absolute atomic E-state index is 13.9. The minimum atomic E-state index is -4.72. The number of aliphatic hydroxyl groups excluding tert-OH is 1. The van der Waals surface area contributed by atoms with Crippen molar-refractivity contribution >= 4 is 23.0 Å². The molecule has 1 aliphatic heterocycles. The van der Waals surface area contributed by atoms with Gasteiger partial charge >= 0.3 is 6.18 Å². The second kappa shape index (κ2) is 9.11. The Bertz CT molecular complexity index is 990. The van der Waals surface area contributed by atoms with Gasteiger partial charge < -0.3 is 20.5 Å². The molecule has 0 bridgehead atoms. The molecule has 1 amide bonds. The number of hydrazine groups is 1. The van der Waals surface area contributed by atoms with E-state index in [1.807, 2.05) is 0 Å². The number of anilines is 3. The van der Waals surface area contributed by atoms with Gasteiger partial charge in [0, 0.05) is 23.5 Å². The highest BCUT2D eigenvalue weighted by atomic mass is 19.4. The third-order valence-electron chi connectivity index (χ3n) is 4.50. The van der Waals surface area contributed by atoms with Gasteiger partial charge in [-0.1, -0.05) is 12.6 Å². The second-order valence-electron chi connectivity index (χ2n) is 6.56. The SMILES string of the molecule is C=CC(=O)Nc1cccc(NC(O)C2=C(C(F)(F)F)N(c3ccc(OC)cc3)NC2)c1. The van der Waals surface area contributed by atoms with E-state index in [1.54, 1.807) is 30.3 Å². The van der Waals surface area contributed by atoms with Crippen LogP contribution < -0.4 is 25.8 Å². The Balaban J connectivity index is 1.87. The lowest BCUT2D eigenvalue weighted by Crippen LogP contribution is -2.36. The lowest BCUT2D eigenvalue weighted by molar-refractivity contribution is -0.111. The quantitative estimate of drug-likeness (QED) is 0.395. The monoisotopic (exact) mass is 434 g/mol. The summed E-state index contributed by atoms with van der Waals surface area (Å²) in [6.45, 7) is 3.13. The molecule has 1 atom stereocenters. The Labute approximate surface area is 176 Å². The number of halogens is 3. The molecule has 2 aromatic rings. The Hall–Kier alpha value is -3.50. The molecule has 0 saturated heterocycles. The summed E-state index contributed by atoms with van der Waals surface area (Å²) in [5.41, 5.74) is 2.34. The smallest absolute Gasteiger partial charge is 0.433 e. The summed E-state index contributed by atoms with van der Waals surface area (Å²) in [4.78, 5) is 11.4. The summed E-state index contributed by atoms with van der Waals surface area (Å²) in [6.07, 6.45) is -5.26. The molecule has 1 aliphatic rings. The van der Waals surface area contributed by atoms with Crippen molar-refractivity contribution in [1.29, 1.82) is 0 Å². The van der Waals surface area contributed by atoms with Gasteiger partial charge in [0.25, 0.3) is 0 Å². The normalized spacial score (nSPS) is 14.9. The molecule has 4 N–H and O–H groups in total. The molecule has 1 unspecified atom stereocenters. The van der Waals surface area contributed by atoms with Crippen LogP contribution >= 0.6 is 0 Å². The lowest BCUT2D eigenvalue weighted by Gasteiger charge is -2.25. The summed E-state index contributed by atoms with van der Waals surface area (Å²) in [7, 11) is 1.46. The summed E-state index contributed by atoms with van der Waals surface area (Å²) in [5, 5.41) is 16.6. The Kier molecular flexibility index (Phi) is 6.52. The number of methoxy groups -OCH3 is 1. The van der Waals surface area contributed by atoms with Crippen molar-refractivity contribution in [3.8, 4) is 5.75 Å². The van der Waals surface area contributed by atoms with Gasteiger partial charge in [-0.15, -0.1) is 0 Å². The van der Waals surface area contributed by atoms with Crippen LogP contribution in [0.5, 0.6) is 5.75 Å². The number of hydrogen-bond donors (Lipinski definition) is 4. The number of nitrogens with zero attached hydrogens (tertiary/aromatic N) is 1. The van der Waals surface area contributed by atoms with Crippen LogP contribution in [0, 0.1) is 0 Å². The number of carbonyl (C=O) groups is 1. The fraction of sp³-hybridized carbons (Fsp3) is 0.190. The lowest BCUT2D eigenvalue weighted by atomic mass is 10.1. The molecule has 3 rings (SSSR count). The minimum absolute atomic E-state index is 0.220. The van der Waals surface area contributed by atoms with E-state index in [-0.39, 0.29) is 17.8 Å². The number of carbonyl (C=O) groups excluding carboxylic acids is 1. The average molecular weight is 434 g/mol. The number of hydrogen-bond acceptors (Lipinski definition) is 6. The van der Waals surface area contributed by atoms with E-state index in [0.717, 1.165) is 11.1 Å². The van der Waals surface area contributed by atoms with Crippen LogP contribution in [0.4, 0.5) is 30.2 Å². The van der Waals surface area contributed by atoms with Crippen molar-refractivity contribution in [2.45, 2.75) is 12.4 Å².